The maximum absolute atomic E-state index is 12.6. The lowest BCUT2D eigenvalue weighted by Crippen LogP contribution is -2.32. The predicted octanol–water partition coefficient (Wildman–Crippen LogP) is 2.42. The van der Waals surface area contributed by atoms with Crippen molar-refractivity contribution < 1.29 is 4.79 Å². The summed E-state index contributed by atoms with van der Waals surface area (Å²) in [5, 5.41) is 3.89. The Hall–Kier alpha value is -1.82. The van der Waals surface area contributed by atoms with Crippen LogP contribution in [-0.4, -0.2) is 26.7 Å². The van der Waals surface area contributed by atoms with Gasteiger partial charge in [-0.2, -0.15) is 0 Å². The molecule has 5 nitrogen and oxygen atoms in total. The van der Waals surface area contributed by atoms with Crippen LogP contribution in [0.2, 0.25) is 0 Å². The van der Waals surface area contributed by atoms with E-state index >= 15 is 0 Å². The molecule has 110 valence electrons. The first-order chi connectivity index (χ1) is 10.2. The highest BCUT2D eigenvalue weighted by molar-refractivity contribution is 7.98. The van der Waals surface area contributed by atoms with Crippen LogP contribution in [-0.2, 0) is 7.05 Å². The summed E-state index contributed by atoms with van der Waals surface area (Å²) in [6, 6.07) is 3.59. The summed E-state index contributed by atoms with van der Waals surface area (Å²) in [6.45, 7) is 0. The SMILES string of the molecule is CSc1ncccc1C(=O)NC(c1nccn1C)C1CC1. The van der Waals surface area contributed by atoms with Gasteiger partial charge >= 0.3 is 0 Å². The third-order valence-electron chi connectivity index (χ3n) is 3.73. The standard InChI is InChI=1S/C15H18N4OS/c1-19-9-8-16-13(19)12(10-5-6-10)18-14(20)11-4-3-7-17-15(11)21-2/h3-4,7-10,12H,5-6H2,1-2H3,(H,18,20). The Bertz CT molecular complexity index is 651. The lowest BCUT2D eigenvalue weighted by molar-refractivity contribution is 0.0925. The second kappa shape index (κ2) is 5.89. The van der Waals surface area contributed by atoms with E-state index in [-0.39, 0.29) is 11.9 Å². The third kappa shape index (κ3) is 2.95. The highest BCUT2D eigenvalue weighted by Gasteiger charge is 2.36. The van der Waals surface area contributed by atoms with Gasteiger partial charge < -0.3 is 9.88 Å². The second-order valence-electron chi connectivity index (χ2n) is 5.25. The van der Waals surface area contributed by atoms with Gasteiger partial charge in [0.1, 0.15) is 10.9 Å². The molecule has 1 N–H and O–H groups in total. The molecule has 1 fully saturated rings. The fraction of sp³-hybridized carbons (Fsp3) is 0.400. The Kier molecular flexibility index (Phi) is 3.96. The van der Waals surface area contributed by atoms with Gasteiger partial charge in [0.05, 0.1) is 11.6 Å². The normalized spacial score (nSPS) is 15.7. The zero-order valence-corrected chi connectivity index (χ0v) is 12.9. The summed E-state index contributed by atoms with van der Waals surface area (Å²) in [4.78, 5) is 21.2. The Labute approximate surface area is 128 Å². The van der Waals surface area contributed by atoms with E-state index in [0.29, 0.717) is 11.5 Å². The van der Waals surface area contributed by atoms with Gasteiger partial charge in [-0.25, -0.2) is 9.97 Å². The molecule has 2 aromatic heterocycles. The van der Waals surface area contributed by atoms with Gasteiger partial charge in [0.15, 0.2) is 0 Å². The molecule has 0 aromatic carbocycles. The smallest absolute Gasteiger partial charge is 0.254 e. The van der Waals surface area contributed by atoms with E-state index < -0.39 is 0 Å². The van der Waals surface area contributed by atoms with Crippen LogP contribution in [0.4, 0.5) is 0 Å². The molecular weight excluding hydrogens is 284 g/mol. The van der Waals surface area contributed by atoms with Crippen LogP contribution in [0.5, 0.6) is 0 Å². The van der Waals surface area contributed by atoms with Gasteiger partial charge in [-0.15, -0.1) is 11.8 Å². The van der Waals surface area contributed by atoms with Gasteiger partial charge in [0.25, 0.3) is 5.91 Å². The summed E-state index contributed by atoms with van der Waals surface area (Å²) < 4.78 is 1.97. The van der Waals surface area contributed by atoms with Crippen LogP contribution in [0, 0.1) is 5.92 Å². The van der Waals surface area contributed by atoms with Crippen molar-refractivity contribution in [2.45, 2.75) is 23.9 Å². The van der Waals surface area contributed by atoms with Gasteiger partial charge in [-0.05, 0) is 37.1 Å². The number of aromatic nitrogens is 3. The quantitative estimate of drug-likeness (QED) is 0.862. The zero-order chi connectivity index (χ0) is 14.8. The molecule has 1 aliphatic rings. The predicted molar refractivity (Wildman–Crippen MR) is 82.2 cm³/mol. The van der Waals surface area contributed by atoms with E-state index in [9.17, 15) is 4.79 Å². The fourth-order valence-electron chi connectivity index (χ4n) is 2.44. The van der Waals surface area contributed by atoms with Crippen molar-refractivity contribution in [3.8, 4) is 0 Å². The summed E-state index contributed by atoms with van der Waals surface area (Å²) in [7, 11) is 1.96. The van der Waals surface area contributed by atoms with E-state index in [1.807, 2.05) is 30.1 Å². The number of rotatable bonds is 5. The average molecular weight is 302 g/mol. The average Bonchev–Trinajstić information content (AvgIpc) is 3.26. The van der Waals surface area contributed by atoms with Crippen molar-refractivity contribution in [2.75, 3.05) is 6.26 Å². The molecule has 1 unspecified atom stereocenters. The first-order valence-electron chi connectivity index (χ1n) is 6.97. The van der Waals surface area contributed by atoms with Gasteiger partial charge in [0.2, 0.25) is 0 Å². The number of thioether (sulfide) groups is 1. The van der Waals surface area contributed by atoms with Crippen LogP contribution < -0.4 is 5.32 Å². The minimum Gasteiger partial charge on any atom is -0.342 e. The van der Waals surface area contributed by atoms with E-state index in [1.54, 1.807) is 18.5 Å². The number of hydrogen-bond acceptors (Lipinski definition) is 4. The molecule has 1 aliphatic carbocycles. The summed E-state index contributed by atoms with van der Waals surface area (Å²) >= 11 is 1.48. The van der Waals surface area contributed by atoms with E-state index in [1.165, 1.54) is 11.8 Å². The lowest BCUT2D eigenvalue weighted by atomic mass is 10.1. The highest BCUT2D eigenvalue weighted by Crippen LogP contribution is 2.40. The molecule has 0 aliphatic heterocycles. The number of carbonyl (C=O) groups is 1. The Morgan fingerprint density at radius 1 is 1.43 bits per heavy atom. The Balaban J connectivity index is 1.83. The maximum atomic E-state index is 12.6. The third-order valence-corrected chi connectivity index (χ3v) is 4.44. The molecule has 1 saturated carbocycles. The van der Waals surface area contributed by atoms with Crippen molar-refractivity contribution in [3.63, 3.8) is 0 Å². The lowest BCUT2D eigenvalue weighted by Gasteiger charge is -2.18. The number of amides is 1. The number of nitrogens with zero attached hydrogens (tertiary/aromatic N) is 3. The first-order valence-corrected chi connectivity index (χ1v) is 8.20. The van der Waals surface area contributed by atoms with Crippen LogP contribution in [0.3, 0.4) is 0 Å². The van der Waals surface area contributed by atoms with Gasteiger partial charge in [-0.3, -0.25) is 4.79 Å². The van der Waals surface area contributed by atoms with E-state index in [4.69, 9.17) is 0 Å². The van der Waals surface area contributed by atoms with Crippen LogP contribution in [0.15, 0.2) is 35.7 Å². The van der Waals surface area contributed by atoms with Crippen LogP contribution >= 0.6 is 11.8 Å². The van der Waals surface area contributed by atoms with Gasteiger partial charge in [-0.1, -0.05) is 0 Å². The minimum absolute atomic E-state index is 0.0209. The monoisotopic (exact) mass is 302 g/mol. The zero-order valence-electron chi connectivity index (χ0n) is 12.1. The molecule has 2 aromatic rings. The van der Waals surface area contributed by atoms with E-state index in [2.05, 4.69) is 15.3 Å². The largest absolute Gasteiger partial charge is 0.342 e. The molecule has 21 heavy (non-hydrogen) atoms. The minimum atomic E-state index is -0.0765. The fourth-order valence-corrected chi connectivity index (χ4v) is 2.99. The van der Waals surface area contributed by atoms with Crippen LogP contribution in [0.1, 0.15) is 35.1 Å². The number of nitrogens with one attached hydrogen (secondary N) is 1. The Morgan fingerprint density at radius 3 is 2.86 bits per heavy atom. The number of carbonyl (C=O) groups excluding carboxylic acids is 1. The summed E-state index contributed by atoms with van der Waals surface area (Å²) in [5.74, 6) is 1.33. The molecule has 0 saturated heterocycles. The maximum Gasteiger partial charge on any atom is 0.254 e. The summed E-state index contributed by atoms with van der Waals surface area (Å²) in [6.07, 6.45) is 9.60. The molecule has 1 amide bonds. The molecule has 0 spiro atoms. The van der Waals surface area contributed by atoms with E-state index in [0.717, 1.165) is 23.7 Å². The van der Waals surface area contributed by atoms with Gasteiger partial charge in [0, 0.05) is 25.6 Å². The molecule has 0 radical (unpaired) electrons. The topological polar surface area (TPSA) is 59.8 Å². The van der Waals surface area contributed by atoms with Crippen molar-refractivity contribution in [2.24, 2.45) is 13.0 Å². The van der Waals surface area contributed by atoms with Crippen molar-refractivity contribution in [1.82, 2.24) is 19.9 Å². The second-order valence-corrected chi connectivity index (χ2v) is 6.04. The summed E-state index contributed by atoms with van der Waals surface area (Å²) in [5.41, 5.74) is 0.629. The van der Waals surface area contributed by atoms with Crippen molar-refractivity contribution in [3.05, 3.63) is 42.1 Å². The van der Waals surface area contributed by atoms with Crippen LogP contribution in [0.25, 0.3) is 0 Å². The number of pyridine rings is 1. The highest BCUT2D eigenvalue weighted by atomic mass is 32.2. The molecule has 1 atom stereocenters. The number of aryl methyl sites for hydroxylation is 1. The molecule has 6 heteroatoms. The van der Waals surface area contributed by atoms with Crippen molar-refractivity contribution in [1.29, 1.82) is 0 Å². The number of imidazole rings is 1. The number of hydrogen-bond donors (Lipinski definition) is 1. The first kappa shape index (κ1) is 14.1. The van der Waals surface area contributed by atoms with Crippen molar-refractivity contribution >= 4 is 17.7 Å². The molecule has 2 heterocycles. The molecule has 3 rings (SSSR count). The molecular formula is C15H18N4OS. The Morgan fingerprint density at radius 2 is 2.24 bits per heavy atom. The molecule has 0 bridgehead atoms.